The molecular weight excluding hydrogens is 448 g/mol. The molecule has 0 bridgehead atoms. The van der Waals surface area contributed by atoms with Crippen LogP contribution in [0.2, 0.25) is 5.02 Å². The quantitative estimate of drug-likeness (QED) is 0.186. The normalized spacial score (nSPS) is 10.7. The largest absolute Gasteiger partial charge is 0.494 e. The Bertz CT molecular complexity index is 1170. The van der Waals surface area contributed by atoms with Gasteiger partial charge in [-0.05, 0) is 85.5 Å². The minimum absolute atomic E-state index is 0.754. The van der Waals surface area contributed by atoms with Crippen molar-refractivity contribution in [3.63, 3.8) is 0 Å². The molecule has 0 unspecified atom stereocenters. The molecule has 3 nitrogen and oxygen atoms in total. The summed E-state index contributed by atoms with van der Waals surface area (Å²) in [7, 11) is 0. The molecule has 33 heavy (non-hydrogen) atoms. The first-order valence-electron chi connectivity index (χ1n) is 11.7. The lowest BCUT2D eigenvalue weighted by molar-refractivity contribution is 0.309. The van der Waals surface area contributed by atoms with E-state index in [0.717, 1.165) is 57.9 Å². The zero-order chi connectivity index (χ0) is 23.8. The van der Waals surface area contributed by atoms with Crippen molar-refractivity contribution < 1.29 is 4.74 Å². The second-order valence-corrected chi connectivity index (χ2v) is 9.14. The van der Waals surface area contributed by atoms with Crippen LogP contribution >= 0.6 is 23.4 Å². The fraction of sp³-hybridized carbons (Fsp3) is 0.321. The highest BCUT2D eigenvalue weighted by Gasteiger charge is 2.15. The van der Waals surface area contributed by atoms with Gasteiger partial charge in [-0.3, -0.25) is 4.57 Å². The average Bonchev–Trinajstić information content (AvgIpc) is 3.18. The van der Waals surface area contributed by atoms with E-state index in [1.807, 2.05) is 38.1 Å². The van der Waals surface area contributed by atoms with Crippen LogP contribution in [0.25, 0.3) is 16.7 Å². The molecule has 0 N–H and O–H groups in total. The zero-order valence-corrected chi connectivity index (χ0v) is 21.8. The number of thioether (sulfide) groups is 1. The molecule has 1 heterocycles. The van der Waals surface area contributed by atoms with E-state index in [0.29, 0.717) is 0 Å². The molecule has 0 saturated heterocycles. The van der Waals surface area contributed by atoms with Gasteiger partial charge in [-0.1, -0.05) is 62.7 Å². The third-order valence-corrected chi connectivity index (χ3v) is 6.64. The SMILES string of the molecule is CC.CCCCOc1ccc(-n2c(SCc3ccc(Cl)cc3)nc3cc(C)c(C)cc32)cc1. The summed E-state index contributed by atoms with van der Waals surface area (Å²) >= 11 is 7.77. The molecule has 174 valence electrons. The number of aromatic nitrogens is 2. The Labute approximate surface area is 207 Å². The number of rotatable bonds is 8. The van der Waals surface area contributed by atoms with E-state index in [2.05, 4.69) is 61.7 Å². The van der Waals surface area contributed by atoms with Gasteiger partial charge in [-0.2, -0.15) is 0 Å². The number of fused-ring (bicyclic) bond motifs is 1. The third kappa shape index (κ3) is 6.33. The number of imidazole rings is 1. The van der Waals surface area contributed by atoms with Crippen LogP contribution in [0.5, 0.6) is 5.75 Å². The van der Waals surface area contributed by atoms with Crippen molar-refractivity contribution in [1.82, 2.24) is 9.55 Å². The van der Waals surface area contributed by atoms with E-state index in [9.17, 15) is 0 Å². The van der Waals surface area contributed by atoms with Gasteiger partial charge in [0.05, 0.1) is 17.6 Å². The van der Waals surface area contributed by atoms with Crippen molar-refractivity contribution >= 4 is 34.4 Å². The van der Waals surface area contributed by atoms with E-state index in [1.54, 1.807) is 11.8 Å². The first-order chi connectivity index (χ1) is 16.0. The Hall–Kier alpha value is -2.43. The maximum Gasteiger partial charge on any atom is 0.174 e. The molecule has 0 fully saturated rings. The fourth-order valence-electron chi connectivity index (χ4n) is 3.41. The topological polar surface area (TPSA) is 27.1 Å². The number of unbranched alkanes of at least 4 members (excludes halogenated alkanes) is 1. The Morgan fingerprint density at radius 1 is 0.939 bits per heavy atom. The molecule has 4 aromatic rings. The number of benzene rings is 3. The average molecular weight is 481 g/mol. The Balaban J connectivity index is 0.00000149. The van der Waals surface area contributed by atoms with E-state index in [1.165, 1.54) is 16.7 Å². The standard InChI is InChI=1S/C26H27ClN2OS.C2H6/c1-4-5-14-30-23-12-10-22(11-13-23)29-25-16-19(3)18(2)15-24(25)28-26(29)31-17-20-6-8-21(27)9-7-20;1-2/h6-13,15-16H,4-5,14,17H2,1-3H3;1-2H3. The van der Waals surface area contributed by atoms with Crippen molar-refractivity contribution in [3.05, 3.63) is 82.4 Å². The Morgan fingerprint density at radius 2 is 1.61 bits per heavy atom. The van der Waals surface area contributed by atoms with Gasteiger partial charge in [-0.25, -0.2) is 4.98 Å². The van der Waals surface area contributed by atoms with E-state index >= 15 is 0 Å². The predicted octanol–water partition coefficient (Wildman–Crippen LogP) is 8.79. The van der Waals surface area contributed by atoms with E-state index < -0.39 is 0 Å². The van der Waals surface area contributed by atoms with Crippen LogP contribution in [0, 0.1) is 13.8 Å². The van der Waals surface area contributed by atoms with Crippen LogP contribution in [0.1, 0.15) is 50.3 Å². The molecule has 0 saturated carbocycles. The summed E-state index contributed by atoms with van der Waals surface area (Å²) in [6, 6.07) is 20.7. The molecule has 0 amide bonds. The van der Waals surface area contributed by atoms with Crippen LogP contribution in [0.3, 0.4) is 0 Å². The summed E-state index contributed by atoms with van der Waals surface area (Å²) < 4.78 is 8.09. The number of hydrogen-bond donors (Lipinski definition) is 0. The maximum atomic E-state index is 6.04. The molecule has 5 heteroatoms. The molecule has 0 atom stereocenters. The summed E-state index contributed by atoms with van der Waals surface area (Å²) in [5.41, 5.74) is 6.98. The molecule has 0 radical (unpaired) electrons. The predicted molar refractivity (Wildman–Crippen MR) is 143 cm³/mol. The molecule has 0 spiro atoms. The molecule has 4 rings (SSSR count). The van der Waals surface area contributed by atoms with Gasteiger partial charge in [0.2, 0.25) is 0 Å². The zero-order valence-electron chi connectivity index (χ0n) is 20.2. The number of ether oxygens (including phenoxy) is 1. The fourth-order valence-corrected chi connectivity index (χ4v) is 4.52. The first kappa shape index (κ1) is 25.2. The minimum Gasteiger partial charge on any atom is -0.494 e. The van der Waals surface area contributed by atoms with Crippen molar-refractivity contribution in [3.8, 4) is 11.4 Å². The van der Waals surface area contributed by atoms with Gasteiger partial charge in [0.15, 0.2) is 5.16 Å². The van der Waals surface area contributed by atoms with Gasteiger partial charge in [0.25, 0.3) is 0 Å². The Morgan fingerprint density at radius 3 is 2.27 bits per heavy atom. The van der Waals surface area contributed by atoms with Crippen LogP contribution in [0.4, 0.5) is 0 Å². The Kier molecular flexibility index (Phi) is 9.28. The number of hydrogen-bond acceptors (Lipinski definition) is 3. The van der Waals surface area contributed by atoms with Gasteiger partial charge < -0.3 is 4.74 Å². The highest BCUT2D eigenvalue weighted by atomic mass is 35.5. The first-order valence-corrected chi connectivity index (χ1v) is 13.0. The lowest BCUT2D eigenvalue weighted by Crippen LogP contribution is -1.99. The van der Waals surface area contributed by atoms with Crippen LogP contribution in [-0.4, -0.2) is 16.2 Å². The van der Waals surface area contributed by atoms with E-state index in [-0.39, 0.29) is 0 Å². The van der Waals surface area contributed by atoms with Crippen molar-refractivity contribution in [1.29, 1.82) is 0 Å². The third-order valence-electron chi connectivity index (χ3n) is 5.38. The molecule has 0 aliphatic heterocycles. The molecular formula is C28H33ClN2OS. The van der Waals surface area contributed by atoms with Crippen LogP contribution in [0.15, 0.2) is 65.8 Å². The highest BCUT2D eigenvalue weighted by molar-refractivity contribution is 7.98. The van der Waals surface area contributed by atoms with Gasteiger partial charge >= 0.3 is 0 Å². The summed E-state index contributed by atoms with van der Waals surface area (Å²) in [5, 5.41) is 1.74. The van der Waals surface area contributed by atoms with Crippen molar-refractivity contribution in [2.45, 2.75) is 58.4 Å². The minimum atomic E-state index is 0.754. The van der Waals surface area contributed by atoms with Crippen LogP contribution < -0.4 is 4.74 Å². The monoisotopic (exact) mass is 480 g/mol. The molecule has 0 aliphatic carbocycles. The second kappa shape index (κ2) is 12.2. The van der Waals surface area contributed by atoms with Gasteiger partial charge in [0.1, 0.15) is 5.75 Å². The lowest BCUT2D eigenvalue weighted by Gasteiger charge is -2.11. The van der Waals surface area contributed by atoms with Gasteiger partial charge in [-0.15, -0.1) is 0 Å². The number of nitrogens with zero attached hydrogens (tertiary/aromatic N) is 2. The molecule has 0 aliphatic rings. The summed E-state index contributed by atoms with van der Waals surface area (Å²) in [6.07, 6.45) is 2.20. The lowest BCUT2D eigenvalue weighted by atomic mass is 10.1. The number of aryl methyl sites for hydroxylation is 2. The highest BCUT2D eigenvalue weighted by Crippen LogP contribution is 2.32. The summed E-state index contributed by atoms with van der Waals surface area (Å²) in [5.74, 6) is 1.74. The molecule has 1 aromatic heterocycles. The number of halogens is 1. The second-order valence-electron chi connectivity index (χ2n) is 7.77. The smallest absolute Gasteiger partial charge is 0.174 e. The maximum absolute atomic E-state index is 6.04. The van der Waals surface area contributed by atoms with Gasteiger partial charge in [0, 0.05) is 16.5 Å². The molecule has 3 aromatic carbocycles. The van der Waals surface area contributed by atoms with E-state index in [4.69, 9.17) is 21.3 Å². The van der Waals surface area contributed by atoms with Crippen molar-refractivity contribution in [2.75, 3.05) is 6.61 Å². The summed E-state index contributed by atoms with van der Waals surface area (Å²) in [6.45, 7) is 11.2. The summed E-state index contributed by atoms with van der Waals surface area (Å²) in [4.78, 5) is 4.98. The van der Waals surface area contributed by atoms with Crippen molar-refractivity contribution in [2.24, 2.45) is 0 Å². The van der Waals surface area contributed by atoms with Crippen LogP contribution in [-0.2, 0) is 5.75 Å².